The van der Waals surface area contributed by atoms with Crippen LogP contribution in [0.25, 0.3) is 32.7 Å². The van der Waals surface area contributed by atoms with Crippen LogP contribution in [0.5, 0.6) is 0 Å². The summed E-state index contributed by atoms with van der Waals surface area (Å²) in [6.07, 6.45) is 8.09. The number of fused-ring (bicyclic) bond motifs is 5. The van der Waals surface area contributed by atoms with Crippen LogP contribution < -0.4 is 24.8 Å². The third-order valence-electron chi connectivity index (χ3n) is 11.2. The summed E-state index contributed by atoms with van der Waals surface area (Å²) in [4.78, 5) is 0. The van der Waals surface area contributed by atoms with E-state index in [0.717, 1.165) is 16.5 Å². The fourth-order valence-electron chi connectivity index (χ4n) is 9.03. The molecule has 0 bridgehead atoms. The number of aryl methyl sites for hydroxylation is 2. The predicted octanol–water partition coefficient (Wildman–Crippen LogP) is 8.32. The maximum atomic E-state index is 7.11. The Morgan fingerprint density at radius 3 is 1.46 bits per heavy atom. The molecule has 0 atom stereocenters. The first-order valence-electron chi connectivity index (χ1n) is 18.5. The number of rotatable bonds is 4. The van der Waals surface area contributed by atoms with Crippen LogP contribution in [-0.2, 0) is 32.1 Å². The number of hydrogen-bond donors (Lipinski definition) is 0. The summed E-state index contributed by atoms with van der Waals surface area (Å²) in [6, 6.07) is 36.5. The first kappa shape index (κ1) is 40.9. The SMILES string of the molecule is Cc1cc2c(cc1C(C)(C)C)-c1cc(C(C)(C)C)c(C)cc1[CH]2[Zr+2]([C]1=CC=CC1)=[C](c1cc(Cl)cc2ccccc12)c1cc(Cl)cc2ccccc12.[Cl-].[Cl-]. The van der Waals surface area contributed by atoms with Crippen LogP contribution in [0, 0.1) is 13.8 Å². The molecule has 274 valence electrons. The van der Waals surface area contributed by atoms with Crippen molar-refractivity contribution in [3.05, 3.63) is 173 Å². The molecule has 6 aromatic rings. The van der Waals surface area contributed by atoms with E-state index in [0.29, 0.717) is 0 Å². The van der Waals surface area contributed by atoms with E-state index >= 15 is 0 Å². The molecule has 8 rings (SSSR count). The molecule has 0 unspecified atom stereocenters. The van der Waals surface area contributed by atoms with Crippen molar-refractivity contribution < 1.29 is 46.1 Å². The third kappa shape index (κ3) is 7.19. The fourth-order valence-corrected chi connectivity index (χ4v) is 18.6. The van der Waals surface area contributed by atoms with Crippen LogP contribution in [0.15, 0.2) is 119 Å². The molecule has 0 fully saturated rings. The molecule has 0 aromatic heterocycles. The standard InChI is InChI=1S/C23H29.C21H12Cl2.C5H5.2ClH.Zr/c1-14-9-16-11-17-10-15(2)21(23(6,7)8)13-19(17)18(16)12-20(14)22(3,4)5;22-18-10-14-5-1-3-7-20(14)16(12-18)9-17-13-19(23)11-15-6-2-4-8-21(15)17;1-2-4-5-3-1;;;/h9-13H,1-8H3;1-8,10-13H;1-3H,4H2;2*1H;/q;;;;;+2/p-2. The van der Waals surface area contributed by atoms with Crippen molar-refractivity contribution in [3.8, 4) is 11.1 Å². The van der Waals surface area contributed by atoms with Gasteiger partial charge in [0.1, 0.15) is 0 Å². The average Bonchev–Trinajstić information content (AvgIpc) is 3.71. The quantitative estimate of drug-likeness (QED) is 0.167. The summed E-state index contributed by atoms with van der Waals surface area (Å²) in [5.41, 5.74) is 14.0. The smallest absolute Gasteiger partial charge is 1.00 e. The monoisotopic (exact) mass is 864 g/mol. The van der Waals surface area contributed by atoms with Crippen LogP contribution in [0.4, 0.5) is 0 Å². The minimum atomic E-state index is -3.11. The molecule has 0 saturated heterocycles. The first-order chi connectivity index (χ1) is 24.7. The molecule has 54 heavy (non-hydrogen) atoms. The molecular weight excluding hydrogens is 822 g/mol. The maximum Gasteiger partial charge on any atom is -1.00 e. The zero-order valence-electron chi connectivity index (χ0n) is 32.3. The Bertz CT molecular complexity index is 2400. The molecule has 0 N–H and O–H groups in total. The second-order valence-corrected chi connectivity index (χ2v) is 24.0. The molecule has 0 spiro atoms. The number of hydrogen-bond acceptors (Lipinski definition) is 0. The van der Waals surface area contributed by atoms with E-state index in [4.69, 9.17) is 23.2 Å². The molecule has 5 heteroatoms. The van der Waals surface area contributed by atoms with Gasteiger partial charge in [0.25, 0.3) is 0 Å². The van der Waals surface area contributed by atoms with Gasteiger partial charge in [-0.2, -0.15) is 0 Å². The Kier molecular flexibility index (Phi) is 11.6. The van der Waals surface area contributed by atoms with Gasteiger partial charge in [0.05, 0.1) is 0 Å². The van der Waals surface area contributed by atoms with E-state index in [2.05, 4.69) is 171 Å². The van der Waals surface area contributed by atoms with Crippen LogP contribution in [0.3, 0.4) is 0 Å². The maximum absolute atomic E-state index is 7.11. The van der Waals surface area contributed by atoms with Gasteiger partial charge >= 0.3 is 330 Å². The van der Waals surface area contributed by atoms with Crippen molar-refractivity contribution in [3.63, 3.8) is 0 Å². The third-order valence-corrected chi connectivity index (χ3v) is 19.8. The van der Waals surface area contributed by atoms with Gasteiger partial charge in [-0.1, -0.05) is 0 Å². The number of halogens is 4. The van der Waals surface area contributed by atoms with Crippen molar-refractivity contribution in [2.75, 3.05) is 0 Å². The fraction of sp³-hybridized carbons (Fsp3) is 0.245. The van der Waals surface area contributed by atoms with E-state index in [9.17, 15) is 0 Å². The molecule has 2 aliphatic rings. The largest absolute Gasteiger partial charge is 1.00 e. The molecule has 0 aliphatic heterocycles. The van der Waals surface area contributed by atoms with E-state index in [1.54, 1.807) is 3.28 Å². The Morgan fingerprint density at radius 2 is 1.06 bits per heavy atom. The summed E-state index contributed by atoms with van der Waals surface area (Å²) < 4.78 is 3.34. The summed E-state index contributed by atoms with van der Waals surface area (Å²) in [5.74, 6) is 0. The van der Waals surface area contributed by atoms with Gasteiger partial charge in [-0.25, -0.2) is 0 Å². The van der Waals surface area contributed by atoms with Gasteiger partial charge in [0.15, 0.2) is 0 Å². The molecule has 2 aliphatic carbocycles. The van der Waals surface area contributed by atoms with Gasteiger partial charge in [0.2, 0.25) is 0 Å². The Hall–Kier alpha value is -2.77. The van der Waals surface area contributed by atoms with Crippen LogP contribution in [-0.4, -0.2) is 3.21 Å². The molecule has 0 radical (unpaired) electrons. The van der Waals surface area contributed by atoms with Crippen molar-refractivity contribution in [2.45, 2.75) is 76.3 Å². The van der Waals surface area contributed by atoms with Crippen LogP contribution >= 0.6 is 23.2 Å². The van der Waals surface area contributed by atoms with Gasteiger partial charge in [0, 0.05) is 0 Å². The first-order valence-corrected chi connectivity index (χ1v) is 23.1. The minimum absolute atomic E-state index is 0. The Morgan fingerprint density at radius 1 is 0.611 bits per heavy atom. The summed E-state index contributed by atoms with van der Waals surface area (Å²) in [7, 11) is 0. The van der Waals surface area contributed by atoms with Gasteiger partial charge in [-0.3, -0.25) is 0 Å². The minimum Gasteiger partial charge on any atom is -1.00 e. The summed E-state index contributed by atoms with van der Waals surface area (Å²) in [6.45, 7) is 18.7. The van der Waals surface area contributed by atoms with Gasteiger partial charge < -0.3 is 24.8 Å². The average molecular weight is 868 g/mol. The van der Waals surface area contributed by atoms with Crippen molar-refractivity contribution in [2.24, 2.45) is 0 Å². The number of allylic oxidation sites excluding steroid dienone is 4. The topological polar surface area (TPSA) is 0 Å². The zero-order chi connectivity index (χ0) is 36.7. The van der Waals surface area contributed by atoms with Gasteiger partial charge in [-0.05, 0) is 0 Å². The summed E-state index contributed by atoms with van der Waals surface area (Å²) >= 11 is 11.1. The molecule has 0 saturated carbocycles. The van der Waals surface area contributed by atoms with E-state index in [1.807, 2.05) is 0 Å². The van der Waals surface area contributed by atoms with E-state index < -0.39 is 21.3 Å². The molecule has 0 amide bonds. The Balaban J connectivity index is 0.00000249. The van der Waals surface area contributed by atoms with Crippen molar-refractivity contribution >= 4 is 48.0 Å². The van der Waals surface area contributed by atoms with Crippen LogP contribution in [0.2, 0.25) is 10.0 Å². The molecule has 6 aromatic carbocycles. The van der Waals surface area contributed by atoms with Crippen molar-refractivity contribution in [1.29, 1.82) is 0 Å². The second kappa shape index (κ2) is 15.3. The van der Waals surface area contributed by atoms with Crippen molar-refractivity contribution in [1.82, 2.24) is 0 Å². The normalized spacial score (nSPS) is 13.5. The molecular formula is C49H46Cl4Zr. The van der Waals surface area contributed by atoms with E-state index in [1.165, 1.54) is 80.4 Å². The molecule has 0 nitrogen and oxygen atoms in total. The zero-order valence-corrected chi connectivity index (χ0v) is 37.7. The predicted molar refractivity (Wildman–Crippen MR) is 224 cm³/mol. The van der Waals surface area contributed by atoms with Crippen LogP contribution in [0.1, 0.15) is 96.1 Å². The van der Waals surface area contributed by atoms with Gasteiger partial charge in [-0.15, -0.1) is 0 Å². The second-order valence-electron chi connectivity index (χ2n) is 16.9. The molecule has 0 heterocycles. The summed E-state index contributed by atoms with van der Waals surface area (Å²) in [5, 5.41) is 6.35. The number of benzene rings is 6. The van der Waals surface area contributed by atoms with E-state index in [-0.39, 0.29) is 39.3 Å². The Labute approximate surface area is 351 Å².